The van der Waals surface area contributed by atoms with E-state index in [-0.39, 0.29) is 12.5 Å². The lowest BCUT2D eigenvalue weighted by Gasteiger charge is -2.40. The third-order valence-corrected chi connectivity index (χ3v) is 7.65. The van der Waals surface area contributed by atoms with Gasteiger partial charge in [0.05, 0.1) is 13.2 Å². The number of rotatable bonds is 11. The number of amides is 1. The fourth-order valence-electron chi connectivity index (χ4n) is 5.60. The summed E-state index contributed by atoms with van der Waals surface area (Å²) in [5.41, 5.74) is 2.69. The predicted octanol–water partition coefficient (Wildman–Crippen LogP) is 6.67. The van der Waals surface area contributed by atoms with Crippen molar-refractivity contribution in [1.82, 2.24) is 25.5 Å². The van der Waals surface area contributed by atoms with Gasteiger partial charge in [0.25, 0.3) is 0 Å². The zero-order valence-electron chi connectivity index (χ0n) is 23.7. The number of aromatic amines is 1. The maximum absolute atomic E-state index is 13.5. The first kappa shape index (κ1) is 28.3. The zero-order chi connectivity index (χ0) is 28.7. The van der Waals surface area contributed by atoms with Gasteiger partial charge in [0.2, 0.25) is 5.91 Å². The molecule has 5 rings (SSSR count). The minimum absolute atomic E-state index is 0.0619. The van der Waals surface area contributed by atoms with Crippen molar-refractivity contribution in [1.29, 1.82) is 0 Å². The number of nitrogens with one attached hydrogen (secondary N) is 1. The van der Waals surface area contributed by atoms with Crippen LogP contribution < -0.4 is 0 Å². The second-order valence-electron chi connectivity index (χ2n) is 10.7. The van der Waals surface area contributed by atoms with Crippen LogP contribution in [0.1, 0.15) is 70.8 Å². The third kappa shape index (κ3) is 6.75. The summed E-state index contributed by atoms with van der Waals surface area (Å²) < 4.78 is 17.3. The van der Waals surface area contributed by atoms with Crippen LogP contribution in [0.15, 0.2) is 52.9 Å². The Morgan fingerprint density at radius 3 is 2.59 bits per heavy atom. The van der Waals surface area contributed by atoms with Crippen molar-refractivity contribution in [2.45, 2.75) is 77.4 Å². The molecule has 216 valence electrons. The van der Waals surface area contributed by atoms with E-state index < -0.39 is 11.8 Å². The van der Waals surface area contributed by atoms with Crippen LogP contribution in [0.2, 0.25) is 0 Å². The Hall–Kier alpha value is -4.21. The molecule has 0 saturated heterocycles. The van der Waals surface area contributed by atoms with Crippen LogP contribution in [0.4, 0.5) is 4.79 Å². The summed E-state index contributed by atoms with van der Waals surface area (Å²) in [6, 6.07) is 15.8. The monoisotopic (exact) mass is 559 g/mol. The third-order valence-electron chi connectivity index (χ3n) is 7.65. The molecule has 0 aliphatic heterocycles. The number of tetrazole rings is 1. The number of ether oxygens (including phenoxy) is 2. The molecule has 1 saturated carbocycles. The van der Waals surface area contributed by atoms with Gasteiger partial charge >= 0.3 is 6.16 Å². The molecule has 2 aromatic heterocycles. The van der Waals surface area contributed by atoms with Crippen LogP contribution in [0.5, 0.6) is 0 Å². The number of carbonyl (C=O) groups excluding carboxylic acids is 2. The van der Waals surface area contributed by atoms with E-state index in [2.05, 4.69) is 33.6 Å². The summed E-state index contributed by atoms with van der Waals surface area (Å²) in [5, 5.41) is 15.2. The number of aromatic nitrogens is 4. The summed E-state index contributed by atoms with van der Waals surface area (Å²) in [7, 11) is 0. The first-order valence-electron chi connectivity index (χ1n) is 14.5. The first-order valence-corrected chi connectivity index (χ1v) is 14.5. The summed E-state index contributed by atoms with van der Waals surface area (Å²) in [6.07, 6.45) is 5.96. The highest BCUT2D eigenvalue weighted by Gasteiger charge is 2.39. The van der Waals surface area contributed by atoms with Gasteiger partial charge < -0.3 is 18.8 Å². The van der Waals surface area contributed by atoms with Gasteiger partial charge in [-0.1, -0.05) is 50.1 Å². The first-order chi connectivity index (χ1) is 20.0. The molecule has 0 radical (unpaired) electrons. The Labute approximate surface area is 239 Å². The maximum Gasteiger partial charge on any atom is 0.508 e. The van der Waals surface area contributed by atoms with Crippen LogP contribution in [-0.2, 0) is 20.8 Å². The topological polar surface area (TPSA) is 123 Å². The summed E-state index contributed by atoms with van der Waals surface area (Å²) in [5.74, 6) is 1.32. The fourth-order valence-corrected chi connectivity index (χ4v) is 5.60. The van der Waals surface area contributed by atoms with Gasteiger partial charge in [-0.25, -0.2) is 9.89 Å². The van der Waals surface area contributed by atoms with Gasteiger partial charge in [-0.05, 0) is 73.2 Å². The van der Waals surface area contributed by atoms with Crippen molar-refractivity contribution >= 4 is 23.0 Å². The van der Waals surface area contributed by atoms with Crippen molar-refractivity contribution < 1.29 is 23.5 Å². The fraction of sp³-hybridized carbons (Fsp3) is 0.452. The smallest absolute Gasteiger partial charge is 0.456 e. The molecule has 1 N–H and O–H groups in total. The van der Waals surface area contributed by atoms with Crippen LogP contribution in [0.3, 0.4) is 0 Å². The number of benzene rings is 2. The minimum Gasteiger partial charge on any atom is -0.456 e. The largest absolute Gasteiger partial charge is 0.508 e. The lowest BCUT2D eigenvalue weighted by molar-refractivity contribution is -0.138. The van der Waals surface area contributed by atoms with Gasteiger partial charge in [-0.3, -0.25) is 4.79 Å². The molecule has 10 nitrogen and oxygen atoms in total. The molecule has 1 aliphatic carbocycles. The van der Waals surface area contributed by atoms with Crippen molar-refractivity contribution in [2.75, 3.05) is 13.2 Å². The molecule has 10 heteroatoms. The lowest BCUT2D eigenvalue weighted by atomic mass is 9.84. The highest BCUT2D eigenvalue weighted by molar-refractivity contribution is 5.87. The standard InChI is InChI=1S/C31H37N5O5/c1-3-5-13-28(37)36(21-31(16-9-6-10-17-31)41-30(38)39-4-2)20-22-14-15-26-23(18-22)19-27(40-26)24-11-7-8-12-25(24)29-32-34-35-33-29/h7-8,11-12,14-15,18-19H,3-6,9-10,13,16-17,20-21H2,1-2H3,(H,32,33,34,35). The number of carbonyl (C=O) groups is 2. The van der Waals surface area contributed by atoms with E-state index in [1.807, 2.05) is 47.4 Å². The number of furan rings is 1. The van der Waals surface area contributed by atoms with Crippen LogP contribution >= 0.6 is 0 Å². The molecule has 0 unspecified atom stereocenters. The van der Waals surface area contributed by atoms with Gasteiger partial charge in [0.15, 0.2) is 5.82 Å². The van der Waals surface area contributed by atoms with Crippen LogP contribution in [0, 0.1) is 0 Å². The van der Waals surface area contributed by atoms with E-state index in [4.69, 9.17) is 13.9 Å². The van der Waals surface area contributed by atoms with E-state index in [1.165, 1.54) is 0 Å². The molecular formula is C31H37N5O5. The van der Waals surface area contributed by atoms with Crippen molar-refractivity contribution in [3.05, 3.63) is 54.1 Å². The van der Waals surface area contributed by atoms with Crippen molar-refractivity contribution in [3.8, 4) is 22.7 Å². The molecule has 1 fully saturated rings. The zero-order valence-corrected chi connectivity index (χ0v) is 23.7. The number of fused-ring (bicyclic) bond motifs is 1. The molecule has 0 bridgehead atoms. The number of unbranched alkanes of at least 4 members (excludes halogenated alkanes) is 1. The Kier molecular flexibility index (Phi) is 8.96. The maximum atomic E-state index is 13.5. The lowest BCUT2D eigenvalue weighted by Crippen LogP contribution is -2.49. The van der Waals surface area contributed by atoms with E-state index in [0.717, 1.165) is 59.8 Å². The van der Waals surface area contributed by atoms with Gasteiger partial charge in [-0.2, -0.15) is 0 Å². The molecule has 0 spiro atoms. The predicted molar refractivity (Wildman–Crippen MR) is 154 cm³/mol. The Morgan fingerprint density at radius 2 is 1.85 bits per heavy atom. The van der Waals surface area contributed by atoms with E-state index in [0.29, 0.717) is 43.9 Å². The highest BCUT2D eigenvalue weighted by atomic mass is 16.7. The summed E-state index contributed by atoms with van der Waals surface area (Å²) >= 11 is 0. The van der Waals surface area contributed by atoms with Crippen LogP contribution in [0.25, 0.3) is 33.7 Å². The summed E-state index contributed by atoms with van der Waals surface area (Å²) in [4.78, 5) is 27.7. The van der Waals surface area contributed by atoms with Gasteiger partial charge in [0.1, 0.15) is 16.9 Å². The number of hydrogen-bond acceptors (Lipinski definition) is 8. The number of nitrogens with zero attached hydrogens (tertiary/aromatic N) is 4. The number of H-pyrrole nitrogens is 1. The number of hydrogen-bond donors (Lipinski definition) is 1. The quantitative estimate of drug-likeness (QED) is 0.202. The molecular weight excluding hydrogens is 522 g/mol. The minimum atomic E-state index is -0.738. The molecule has 1 amide bonds. The van der Waals surface area contributed by atoms with Crippen molar-refractivity contribution in [3.63, 3.8) is 0 Å². The van der Waals surface area contributed by atoms with E-state index >= 15 is 0 Å². The molecule has 4 aromatic rings. The Morgan fingerprint density at radius 1 is 1.05 bits per heavy atom. The SMILES string of the molecule is CCCCC(=O)N(Cc1ccc2oc(-c3ccccc3-c3nnn[nH]3)cc2c1)CC1(OC(=O)OCC)CCCCC1. The summed E-state index contributed by atoms with van der Waals surface area (Å²) in [6.45, 7) is 4.85. The van der Waals surface area contributed by atoms with E-state index in [1.54, 1.807) is 6.92 Å². The van der Waals surface area contributed by atoms with E-state index in [9.17, 15) is 9.59 Å². The van der Waals surface area contributed by atoms with Gasteiger partial charge in [-0.15, -0.1) is 5.10 Å². The average Bonchev–Trinajstić information content (AvgIpc) is 3.66. The normalized spacial score (nSPS) is 14.6. The molecule has 41 heavy (non-hydrogen) atoms. The average molecular weight is 560 g/mol. The molecule has 2 heterocycles. The second-order valence-corrected chi connectivity index (χ2v) is 10.7. The molecule has 2 aromatic carbocycles. The van der Waals surface area contributed by atoms with Crippen molar-refractivity contribution in [2.24, 2.45) is 0 Å². The second kappa shape index (κ2) is 13.0. The Bertz CT molecular complexity index is 1460. The Balaban J connectivity index is 1.42. The molecule has 1 aliphatic rings. The molecule has 0 atom stereocenters. The van der Waals surface area contributed by atoms with Crippen LogP contribution in [-0.4, -0.2) is 56.3 Å². The highest BCUT2D eigenvalue weighted by Crippen LogP contribution is 2.36. The van der Waals surface area contributed by atoms with Gasteiger partial charge in [0, 0.05) is 29.5 Å².